The van der Waals surface area contributed by atoms with Gasteiger partial charge in [-0.15, -0.1) is 0 Å². The number of nitrogens with zero attached hydrogens (tertiary/aromatic N) is 3. The SMILES string of the molecule is C=CCOC(=O)C1=C(C)Nc2ncnn2C1c1ccccc1OCc1ccccc1C. The quantitative estimate of drug-likeness (QED) is 0.460. The summed E-state index contributed by atoms with van der Waals surface area (Å²) in [4.78, 5) is 17.2. The Labute approximate surface area is 181 Å². The third kappa shape index (κ3) is 4.07. The Kier molecular flexibility index (Phi) is 5.84. The topological polar surface area (TPSA) is 78.3 Å². The molecule has 0 saturated heterocycles. The Balaban J connectivity index is 1.74. The number of hydrogen-bond acceptors (Lipinski definition) is 6. The monoisotopic (exact) mass is 416 g/mol. The number of fused-ring (bicyclic) bond motifs is 1. The second kappa shape index (κ2) is 8.87. The molecule has 2 aromatic carbocycles. The predicted octanol–water partition coefficient (Wildman–Crippen LogP) is 4.18. The second-order valence-electron chi connectivity index (χ2n) is 7.23. The number of rotatable bonds is 7. The molecule has 1 atom stereocenters. The van der Waals surface area contributed by atoms with Crippen LogP contribution in [0.2, 0.25) is 0 Å². The van der Waals surface area contributed by atoms with Gasteiger partial charge in [0, 0.05) is 11.3 Å². The van der Waals surface area contributed by atoms with Crippen LogP contribution in [-0.4, -0.2) is 27.3 Å². The van der Waals surface area contributed by atoms with Gasteiger partial charge in [-0.25, -0.2) is 9.48 Å². The maximum atomic E-state index is 12.9. The fourth-order valence-electron chi connectivity index (χ4n) is 3.62. The number of anilines is 1. The van der Waals surface area contributed by atoms with E-state index in [2.05, 4.69) is 35.0 Å². The van der Waals surface area contributed by atoms with Gasteiger partial charge in [-0.3, -0.25) is 0 Å². The molecule has 3 aromatic rings. The van der Waals surface area contributed by atoms with E-state index in [1.165, 1.54) is 6.33 Å². The molecule has 7 heteroatoms. The normalized spacial score (nSPS) is 15.1. The first-order valence-electron chi connectivity index (χ1n) is 10.0. The zero-order valence-electron chi connectivity index (χ0n) is 17.5. The average molecular weight is 416 g/mol. The van der Waals surface area contributed by atoms with Crippen LogP contribution in [0.4, 0.5) is 5.95 Å². The van der Waals surface area contributed by atoms with E-state index in [1.807, 2.05) is 49.4 Å². The molecule has 0 amide bonds. The summed E-state index contributed by atoms with van der Waals surface area (Å²) in [5.74, 6) is 0.780. The van der Waals surface area contributed by atoms with Crippen molar-refractivity contribution in [3.05, 3.63) is 95.5 Å². The lowest BCUT2D eigenvalue weighted by molar-refractivity contribution is -0.138. The van der Waals surface area contributed by atoms with E-state index in [4.69, 9.17) is 9.47 Å². The molecule has 1 aliphatic heterocycles. The van der Waals surface area contributed by atoms with Gasteiger partial charge in [0.25, 0.3) is 0 Å². The van der Waals surface area contributed by atoms with Crippen molar-refractivity contribution >= 4 is 11.9 Å². The number of carbonyl (C=O) groups excluding carboxylic acids is 1. The molecule has 7 nitrogen and oxygen atoms in total. The number of nitrogens with one attached hydrogen (secondary N) is 1. The zero-order chi connectivity index (χ0) is 21.8. The largest absolute Gasteiger partial charge is 0.489 e. The fourth-order valence-corrected chi connectivity index (χ4v) is 3.62. The molecule has 4 rings (SSSR count). The first-order valence-corrected chi connectivity index (χ1v) is 10.0. The Morgan fingerprint density at radius 1 is 1.19 bits per heavy atom. The third-order valence-corrected chi connectivity index (χ3v) is 5.20. The summed E-state index contributed by atoms with van der Waals surface area (Å²) in [6, 6.07) is 15.2. The van der Waals surface area contributed by atoms with E-state index in [1.54, 1.807) is 10.8 Å². The first kappa shape index (κ1) is 20.4. The van der Waals surface area contributed by atoms with Gasteiger partial charge in [0.05, 0.1) is 5.57 Å². The summed E-state index contributed by atoms with van der Waals surface area (Å²) < 4.78 is 13.3. The van der Waals surface area contributed by atoms with Gasteiger partial charge >= 0.3 is 5.97 Å². The molecule has 0 spiro atoms. The van der Waals surface area contributed by atoms with Crippen molar-refractivity contribution in [3.8, 4) is 5.75 Å². The summed E-state index contributed by atoms with van der Waals surface area (Å²) in [7, 11) is 0. The Morgan fingerprint density at radius 2 is 1.97 bits per heavy atom. The van der Waals surface area contributed by atoms with Crippen molar-refractivity contribution in [2.75, 3.05) is 11.9 Å². The van der Waals surface area contributed by atoms with Crippen molar-refractivity contribution in [1.82, 2.24) is 14.8 Å². The number of aromatic nitrogens is 3. The van der Waals surface area contributed by atoms with Gasteiger partial charge < -0.3 is 14.8 Å². The van der Waals surface area contributed by atoms with Gasteiger partial charge in [0.15, 0.2) is 0 Å². The molecule has 0 bridgehead atoms. The lowest BCUT2D eigenvalue weighted by atomic mass is 9.95. The van der Waals surface area contributed by atoms with Crippen LogP contribution in [0.3, 0.4) is 0 Å². The highest BCUT2D eigenvalue weighted by Crippen LogP contribution is 2.39. The maximum Gasteiger partial charge on any atom is 0.338 e. The number of benzene rings is 2. The Hall–Kier alpha value is -3.87. The van der Waals surface area contributed by atoms with Crippen LogP contribution in [-0.2, 0) is 16.1 Å². The summed E-state index contributed by atoms with van der Waals surface area (Å²) in [5, 5.41) is 7.49. The molecule has 31 heavy (non-hydrogen) atoms. The van der Waals surface area contributed by atoms with E-state index >= 15 is 0 Å². The van der Waals surface area contributed by atoms with Crippen LogP contribution in [0.1, 0.15) is 29.7 Å². The number of aryl methyl sites for hydroxylation is 1. The molecule has 1 unspecified atom stereocenters. The molecule has 1 aliphatic rings. The van der Waals surface area contributed by atoms with Gasteiger partial charge in [0.1, 0.15) is 31.3 Å². The molecule has 0 fully saturated rings. The molecular weight excluding hydrogens is 392 g/mol. The van der Waals surface area contributed by atoms with Crippen LogP contribution >= 0.6 is 0 Å². The molecular formula is C24H24N4O3. The van der Waals surface area contributed by atoms with Crippen molar-refractivity contribution in [3.63, 3.8) is 0 Å². The standard InChI is InChI=1S/C24H24N4O3/c1-4-13-30-23(29)21-17(3)27-24-25-15-26-28(24)22(21)19-11-7-8-12-20(19)31-14-18-10-6-5-9-16(18)2/h4-12,15,22H,1,13-14H2,2-3H3,(H,25,26,27). The van der Waals surface area contributed by atoms with Gasteiger partial charge in [-0.05, 0) is 31.0 Å². The zero-order valence-corrected chi connectivity index (χ0v) is 17.5. The molecule has 0 radical (unpaired) electrons. The van der Waals surface area contributed by atoms with E-state index in [0.29, 0.717) is 29.6 Å². The summed E-state index contributed by atoms with van der Waals surface area (Å²) in [6.45, 7) is 8.04. The minimum atomic E-state index is -0.538. The molecule has 158 valence electrons. The summed E-state index contributed by atoms with van der Waals surface area (Å²) >= 11 is 0. The summed E-state index contributed by atoms with van der Waals surface area (Å²) in [5.41, 5.74) is 4.17. The Morgan fingerprint density at radius 3 is 2.77 bits per heavy atom. The minimum absolute atomic E-state index is 0.123. The molecule has 0 aliphatic carbocycles. The number of para-hydroxylation sites is 1. The van der Waals surface area contributed by atoms with Gasteiger partial charge in [-0.1, -0.05) is 55.1 Å². The third-order valence-electron chi connectivity index (χ3n) is 5.20. The molecule has 1 aromatic heterocycles. The lowest BCUT2D eigenvalue weighted by Crippen LogP contribution is -2.30. The van der Waals surface area contributed by atoms with E-state index in [9.17, 15) is 4.79 Å². The highest BCUT2D eigenvalue weighted by atomic mass is 16.5. The van der Waals surface area contributed by atoms with Gasteiger partial charge in [-0.2, -0.15) is 10.1 Å². The maximum absolute atomic E-state index is 12.9. The average Bonchev–Trinajstić information content (AvgIpc) is 3.24. The number of ether oxygens (including phenoxy) is 2. The smallest absolute Gasteiger partial charge is 0.338 e. The van der Waals surface area contributed by atoms with Crippen LogP contribution in [0.15, 0.2) is 78.8 Å². The van der Waals surface area contributed by atoms with E-state index in [-0.39, 0.29) is 6.61 Å². The number of esters is 1. The number of allylic oxidation sites excluding steroid dienone is 1. The van der Waals surface area contributed by atoms with Crippen molar-refractivity contribution in [2.45, 2.75) is 26.5 Å². The molecule has 1 N–H and O–H groups in total. The second-order valence-corrected chi connectivity index (χ2v) is 7.23. The van der Waals surface area contributed by atoms with Crippen LogP contribution in [0.25, 0.3) is 0 Å². The highest BCUT2D eigenvalue weighted by Gasteiger charge is 2.35. The Bertz CT molecular complexity index is 1150. The molecule has 0 saturated carbocycles. The van der Waals surface area contributed by atoms with Gasteiger partial charge in [0.2, 0.25) is 5.95 Å². The number of carbonyl (C=O) groups is 1. The van der Waals surface area contributed by atoms with Crippen LogP contribution < -0.4 is 10.1 Å². The molecule has 2 heterocycles. The van der Waals surface area contributed by atoms with Crippen molar-refractivity contribution in [2.24, 2.45) is 0 Å². The summed E-state index contributed by atoms with van der Waals surface area (Å²) in [6.07, 6.45) is 3.00. The first-order chi connectivity index (χ1) is 15.1. The highest BCUT2D eigenvalue weighted by molar-refractivity contribution is 5.92. The van der Waals surface area contributed by atoms with Crippen LogP contribution in [0, 0.1) is 6.92 Å². The van der Waals surface area contributed by atoms with Crippen molar-refractivity contribution in [1.29, 1.82) is 0 Å². The number of hydrogen-bond donors (Lipinski definition) is 1. The van der Waals surface area contributed by atoms with E-state index < -0.39 is 12.0 Å². The van der Waals surface area contributed by atoms with Crippen molar-refractivity contribution < 1.29 is 14.3 Å². The van der Waals surface area contributed by atoms with Crippen LogP contribution in [0.5, 0.6) is 5.75 Å². The van der Waals surface area contributed by atoms with E-state index in [0.717, 1.165) is 16.7 Å². The lowest BCUT2D eigenvalue weighted by Gasteiger charge is -2.29. The predicted molar refractivity (Wildman–Crippen MR) is 118 cm³/mol. The fraction of sp³-hybridized carbons (Fsp3) is 0.208. The minimum Gasteiger partial charge on any atom is -0.489 e.